The summed E-state index contributed by atoms with van der Waals surface area (Å²) < 4.78 is 29.0. The van der Waals surface area contributed by atoms with Gasteiger partial charge in [0.25, 0.3) is 0 Å². The van der Waals surface area contributed by atoms with Gasteiger partial charge in [-0.05, 0) is 56.4 Å². The molecule has 0 saturated heterocycles. The molecule has 132 valence electrons. The first-order valence-corrected chi connectivity index (χ1v) is 7.79. The fourth-order valence-electron chi connectivity index (χ4n) is 2.84. The minimum atomic E-state index is -2.87. The fourth-order valence-corrected chi connectivity index (χ4v) is 2.84. The normalized spacial score (nSPS) is 17.3. The lowest BCUT2D eigenvalue weighted by molar-refractivity contribution is -0.149. The Morgan fingerprint density at radius 1 is 1.42 bits per heavy atom. The van der Waals surface area contributed by atoms with Crippen LogP contribution in [0.25, 0.3) is 0 Å². The van der Waals surface area contributed by atoms with Crippen molar-refractivity contribution in [1.82, 2.24) is 5.32 Å². The second-order valence-electron chi connectivity index (χ2n) is 6.62. The predicted octanol–water partition coefficient (Wildman–Crippen LogP) is 3.28. The average Bonchev–Trinajstić information content (AvgIpc) is 2.45. The Kier molecular flexibility index (Phi) is 5.41. The molecule has 24 heavy (non-hydrogen) atoms. The average molecular weight is 341 g/mol. The lowest BCUT2D eigenvalue weighted by atomic mass is 9.86. The number of ether oxygens (including phenoxy) is 1. The van der Waals surface area contributed by atoms with Gasteiger partial charge in [-0.1, -0.05) is 6.07 Å². The van der Waals surface area contributed by atoms with E-state index in [0.29, 0.717) is 0 Å². The summed E-state index contributed by atoms with van der Waals surface area (Å²) in [5, 5.41) is 12.0. The molecule has 0 radical (unpaired) electrons. The highest BCUT2D eigenvalue weighted by Crippen LogP contribution is 2.33. The largest absolute Gasteiger partial charge is 0.481 e. The van der Waals surface area contributed by atoms with Crippen LogP contribution in [-0.2, 0) is 16.0 Å². The van der Waals surface area contributed by atoms with Gasteiger partial charge in [0.05, 0.1) is 11.5 Å². The van der Waals surface area contributed by atoms with Gasteiger partial charge in [0.15, 0.2) is 0 Å². The number of carboxylic acid groups (broad SMARTS) is 1. The number of aryl methyl sites for hydroxylation is 1. The summed E-state index contributed by atoms with van der Waals surface area (Å²) in [5.74, 6) is -1.27. The molecule has 1 aromatic rings. The van der Waals surface area contributed by atoms with Crippen LogP contribution in [0.15, 0.2) is 18.2 Å². The zero-order chi connectivity index (χ0) is 17.9. The lowest BCUT2D eigenvalue weighted by Gasteiger charge is -2.28. The number of rotatable bonds is 6. The van der Waals surface area contributed by atoms with Crippen molar-refractivity contribution in [2.24, 2.45) is 5.41 Å². The van der Waals surface area contributed by atoms with Crippen LogP contribution in [0.2, 0.25) is 0 Å². The van der Waals surface area contributed by atoms with Crippen LogP contribution < -0.4 is 10.1 Å². The molecule has 1 aliphatic rings. The highest BCUT2D eigenvalue weighted by molar-refractivity contribution is 5.84. The standard InChI is InChI=1S/C17H21F2NO4/c1-17(2,15(22)23)9-14(21)20-13-5-3-4-10-8-11(24-16(18)19)6-7-12(10)13/h6-8,13,16H,3-5,9H2,1-2H3,(H,20,21)(H,22,23). The summed E-state index contributed by atoms with van der Waals surface area (Å²) in [7, 11) is 0. The van der Waals surface area contributed by atoms with Crippen molar-refractivity contribution in [1.29, 1.82) is 0 Å². The molecule has 1 unspecified atom stereocenters. The quantitative estimate of drug-likeness (QED) is 0.832. The zero-order valence-corrected chi connectivity index (χ0v) is 13.6. The van der Waals surface area contributed by atoms with Crippen molar-refractivity contribution in [3.8, 4) is 5.75 Å². The molecule has 0 heterocycles. The third-order valence-electron chi connectivity index (χ3n) is 4.17. The molecule has 1 amide bonds. The molecule has 0 saturated carbocycles. The lowest BCUT2D eigenvalue weighted by Crippen LogP contribution is -2.36. The number of halogens is 2. The van der Waals surface area contributed by atoms with Crippen molar-refractivity contribution in [3.05, 3.63) is 29.3 Å². The number of hydrogen-bond donors (Lipinski definition) is 2. The minimum Gasteiger partial charge on any atom is -0.481 e. The Hall–Kier alpha value is -2.18. The second-order valence-corrected chi connectivity index (χ2v) is 6.62. The highest BCUT2D eigenvalue weighted by Gasteiger charge is 2.31. The Bertz CT molecular complexity index is 631. The molecule has 0 aliphatic heterocycles. The Labute approximate surface area is 139 Å². The maximum atomic E-state index is 12.3. The van der Waals surface area contributed by atoms with E-state index in [4.69, 9.17) is 5.11 Å². The molecule has 0 aromatic heterocycles. The molecule has 7 heteroatoms. The first-order valence-electron chi connectivity index (χ1n) is 7.79. The molecule has 0 bridgehead atoms. The van der Waals surface area contributed by atoms with Crippen LogP contribution >= 0.6 is 0 Å². The van der Waals surface area contributed by atoms with E-state index in [1.807, 2.05) is 0 Å². The smallest absolute Gasteiger partial charge is 0.387 e. The molecular formula is C17H21F2NO4. The van der Waals surface area contributed by atoms with E-state index in [9.17, 15) is 18.4 Å². The summed E-state index contributed by atoms with van der Waals surface area (Å²) in [6.45, 7) is 0.121. The molecule has 1 atom stereocenters. The molecule has 0 fully saturated rings. The molecule has 1 aliphatic carbocycles. The van der Waals surface area contributed by atoms with Crippen molar-refractivity contribution in [2.75, 3.05) is 0 Å². The van der Waals surface area contributed by atoms with Gasteiger partial charge in [-0.25, -0.2) is 0 Å². The summed E-state index contributed by atoms with van der Waals surface area (Å²) >= 11 is 0. The van der Waals surface area contributed by atoms with Crippen LogP contribution in [0.4, 0.5) is 8.78 Å². The summed E-state index contributed by atoms with van der Waals surface area (Å²) in [5.41, 5.74) is 0.586. The van der Waals surface area contributed by atoms with Crippen LogP contribution in [0.1, 0.15) is 50.3 Å². The maximum absolute atomic E-state index is 12.3. The van der Waals surface area contributed by atoms with E-state index in [-0.39, 0.29) is 24.1 Å². The SMILES string of the molecule is CC(C)(CC(=O)NC1CCCc2cc(OC(F)F)ccc21)C(=O)O. The van der Waals surface area contributed by atoms with Gasteiger partial charge in [-0.3, -0.25) is 9.59 Å². The monoisotopic (exact) mass is 341 g/mol. The zero-order valence-electron chi connectivity index (χ0n) is 13.6. The number of carbonyl (C=O) groups is 2. The topological polar surface area (TPSA) is 75.6 Å². The van der Waals surface area contributed by atoms with Crippen molar-refractivity contribution >= 4 is 11.9 Å². The van der Waals surface area contributed by atoms with Gasteiger partial charge in [0.2, 0.25) is 5.91 Å². The van der Waals surface area contributed by atoms with Gasteiger partial charge in [-0.15, -0.1) is 0 Å². The third-order valence-corrected chi connectivity index (χ3v) is 4.17. The highest BCUT2D eigenvalue weighted by atomic mass is 19.3. The summed E-state index contributed by atoms with van der Waals surface area (Å²) in [6, 6.07) is 4.46. The van der Waals surface area contributed by atoms with Gasteiger partial charge >= 0.3 is 12.6 Å². The Morgan fingerprint density at radius 2 is 2.12 bits per heavy atom. The molecule has 2 rings (SSSR count). The van der Waals surface area contributed by atoms with Gasteiger partial charge in [0, 0.05) is 6.42 Å². The van der Waals surface area contributed by atoms with Crippen LogP contribution in [0.3, 0.4) is 0 Å². The number of hydrogen-bond acceptors (Lipinski definition) is 3. The summed E-state index contributed by atoms with van der Waals surface area (Å²) in [6.07, 6.45) is 2.13. The van der Waals surface area contributed by atoms with Crippen molar-refractivity contribution in [2.45, 2.75) is 52.2 Å². The number of nitrogens with one attached hydrogen (secondary N) is 1. The first-order chi connectivity index (χ1) is 11.2. The molecule has 5 nitrogen and oxygen atoms in total. The number of carbonyl (C=O) groups excluding carboxylic acids is 1. The molecule has 2 N–H and O–H groups in total. The second kappa shape index (κ2) is 7.15. The third kappa shape index (κ3) is 4.43. The van der Waals surface area contributed by atoms with E-state index < -0.39 is 18.0 Å². The number of alkyl halides is 2. The number of benzene rings is 1. The molecule has 0 spiro atoms. The van der Waals surface area contributed by atoms with E-state index in [0.717, 1.165) is 30.4 Å². The first kappa shape index (κ1) is 18.2. The van der Waals surface area contributed by atoms with Crippen LogP contribution in [0, 0.1) is 5.41 Å². The number of aliphatic carboxylic acids is 1. The minimum absolute atomic E-state index is 0.0998. The Balaban J connectivity index is 2.09. The summed E-state index contributed by atoms with van der Waals surface area (Å²) in [4.78, 5) is 23.3. The number of carboxylic acids is 1. The van der Waals surface area contributed by atoms with Gasteiger partial charge in [-0.2, -0.15) is 8.78 Å². The van der Waals surface area contributed by atoms with E-state index in [2.05, 4.69) is 10.1 Å². The number of fused-ring (bicyclic) bond motifs is 1. The van der Waals surface area contributed by atoms with Crippen LogP contribution in [0.5, 0.6) is 5.75 Å². The van der Waals surface area contributed by atoms with Gasteiger partial charge < -0.3 is 15.2 Å². The predicted molar refractivity (Wildman–Crippen MR) is 82.9 cm³/mol. The van der Waals surface area contributed by atoms with E-state index >= 15 is 0 Å². The fraction of sp³-hybridized carbons (Fsp3) is 0.529. The molecule has 1 aromatic carbocycles. The van der Waals surface area contributed by atoms with Gasteiger partial charge in [0.1, 0.15) is 5.75 Å². The van der Waals surface area contributed by atoms with Crippen molar-refractivity contribution < 1.29 is 28.2 Å². The number of amides is 1. The van der Waals surface area contributed by atoms with Crippen molar-refractivity contribution in [3.63, 3.8) is 0 Å². The maximum Gasteiger partial charge on any atom is 0.387 e. The van der Waals surface area contributed by atoms with Crippen LogP contribution in [-0.4, -0.2) is 23.6 Å². The molecular weight excluding hydrogens is 320 g/mol. The Morgan fingerprint density at radius 3 is 2.75 bits per heavy atom. The van der Waals surface area contributed by atoms with E-state index in [1.54, 1.807) is 12.1 Å². The van der Waals surface area contributed by atoms with E-state index in [1.165, 1.54) is 19.9 Å².